The lowest BCUT2D eigenvalue weighted by Crippen LogP contribution is -2.60. The number of benzene rings is 2. The Morgan fingerprint density at radius 1 is 0.842 bits per heavy atom. The Morgan fingerprint density at radius 2 is 1.49 bits per heavy atom. The van der Waals surface area contributed by atoms with Crippen LogP contribution in [0.2, 0.25) is 0 Å². The zero-order valence-electron chi connectivity index (χ0n) is 33.7. The Balaban J connectivity index is 1.98. The van der Waals surface area contributed by atoms with Gasteiger partial charge in [0.05, 0.1) is 0 Å². The monoisotopic (exact) mass is 793 g/mol. The topological polar surface area (TPSA) is 235 Å². The van der Waals surface area contributed by atoms with E-state index in [4.69, 9.17) is 0 Å². The first-order valence-corrected chi connectivity index (χ1v) is 19.6. The highest BCUT2D eigenvalue weighted by Gasteiger charge is 2.35. The fraction of sp³-hybridized carbons (Fsp3) is 0.537. The first kappa shape index (κ1) is 45.7. The van der Waals surface area contributed by atoms with Crippen molar-refractivity contribution < 1.29 is 43.8 Å². The van der Waals surface area contributed by atoms with Crippen molar-refractivity contribution in [1.29, 1.82) is 0 Å². The minimum atomic E-state index is -1.23. The molecule has 57 heavy (non-hydrogen) atoms. The van der Waals surface area contributed by atoms with Crippen molar-refractivity contribution in [3.05, 3.63) is 65.7 Å². The lowest BCUT2D eigenvalue weighted by molar-refractivity contribution is -0.142. The number of hydrogen-bond donors (Lipinski definition) is 8. The first-order valence-electron chi connectivity index (χ1n) is 19.6. The Bertz CT molecular complexity index is 1690. The summed E-state index contributed by atoms with van der Waals surface area (Å²) in [5.41, 5.74) is 1.56. The van der Waals surface area contributed by atoms with Gasteiger partial charge in [-0.25, -0.2) is 9.59 Å². The molecule has 0 saturated carbocycles. The summed E-state index contributed by atoms with van der Waals surface area (Å²) >= 11 is 0. The van der Waals surface area contributed by atoms with E-state index in [-0.39, 0.29) is 31.6 Å². The van der Waals surface area contributed by atoms with Gasteiger partial charge in [-0.15, -0.1) is 0 Å². The van der Waals surface area contributed by atoms with Crippen molar-refractivity contribution in [2.75, 3.05) is 13.6 Å². The number of carboxylic acids is 1. The largest absolute Gasteiger partial charge is 0.508 e. The van der Waals surface area contributed by atoms with Crippen molar-refractivity contribution >= 4 is 41.5 Å². The molecule has 1 aliphatic heterocycles. The molecule has 0 unspecified atom stereocenters. The van der Waals surface area contributed by atoms with Gasteiger partial charge in [0.25, 0.3) is 0 Å². The van der Waals surface area contributed by atoms with Gasteiger partial charge in [-0.2, -0.15) is 0 Å². The maximum absolute atomic E-state index is 14.1. The SMILES string of the molecule is CC[C@@H](C)[C@H](NC(=O)N[C@@H]1CCCCNC(=O)[C@H](Cc2ccccc2)NC(=O)[C@H](C)N(C)C(=O)[C@H](CCc2ccc(O)cc2)NC(=O)[C@H](C(C)C)NC1=O)C(=O)O. The van der Waals surface area contributed by atoms with E-state index in [0.29, 0.717) is 25.7 Å². The molecule has 1 fully saturated rings. The van der Waals surface area contributed by atoms with Crippen molar-refractivity contribution in [3.8, 4) is 5.75 Å². The van der Waals surface area contributed by atoms with E-state index in [0.717, 1.165) is 11.1 Å². The van der Waals surface area contributed by atoms with Gasteiger partial charge in [0.2, 0.25) is 29.5 Å². The van der Waals surface area contributed by atoms with Crippen molar-refractivity contribution in [2.24, 2.45) is 11.8 Å². The Morgan fingerprint density at radius 3 is 2.11 bits per heavy atom. The maximum Gasteiger partial charge on any atom is 0.326 e. The molecular weight excluding hydrogens is 734 g/mol. The maximum atomic E-state index is 14.1. The molecule has 0 aliphatic carbocycles. The van der Waals surface area contributed by atoms with Crippen LogP contribution in [0.1, 0.15) is 77.8 Å². The number of urea groups is 1. The highest BCUT2D eigenvalue weighted by atomic mass is 16.4. The quantitative estimate of drug-likeness (QED) is 0.166. The Labute approximate surface area is 334 Å². The van der Waals surface area contributed by atoms with Crippen LogP contribution in [0.25, 0.3) is 0 Å². The number of phenols is 1. The summed E-state index contributed by atoms with van der Waals surface area (Å²) < 4.78 is 0. The van der Waals surface area contributed by atoms with E-state index in [2.05, 4.69) is 31.9 Å². The number of rotatable bonds is 11. The predicted molar refractivity (Wildman–Crippen MR) is 213 cm³/mol. The highest BCUT2D eigenvalue weighted by molar-refractivity contribution is 5.96. The second-order valence-corrected chi connectivity index (χ2v) is 15.0. The molecular formula is C41H59N7O9. The van der Waals surface area contributed by atoms with Crippen molar-refractivity contribution in [3.63, 3.8) is 0 Å². The molecule has 1 aliphatic rings. The summed E-state index contributed by atoms with van der Waals surface area (Å²) in [6.07, 6.45) is 1.82. The number of nitrogens with zero attached hydrogens (tertiary/aromatic N) is 1. The smallest absolute Gasteiger partial charge is 0.326 e. The average Bonchev–Trinajstić information content (AvgIpc) is 3.18. The van der Waals surface area contributed by atoms with E-state index in [1.807, 2.05) is 30.3 Å². The number of phenolic OH excluding ortho intramolecular Hbond substituents is 1. The van der Waals surface area contributed by atoms with Gasteiger partial charge < -0.3 is 47.0 Å². The molecule has 1 heterocycles. The molecule has 2 aromatic carbocycles. The molecule has 16 nitrogen and oxygen atoms in total. The third-order valence-corrected chi connectivity index (χ3v) is 10.3. The molecule has 1 saturated heterocycles. The van der Waals surface area contributed by atoms with Crippen LogP contribution < -0.4 is 31.9 Å². The molecule has 0 bridgehead atoms. The second kappa shape index (κ2) is 22.2. The number of carbonyl (C=O) groups is 7. The van der Waals surface area contributed by atoms with Crippen LogP contribution in [0, 0.1) is 11.8 Å². The van der Waals surface area contributed by atoms with Crippen LogP contribution in [0.3, 0.4) is 0 Å². The molecule has 8 N–H and O–H groups in total. The third-order valence-electron chi connectivity index (χ3n) is 10.3. The highest BCUT2D eigenvalue weighted by Crippen LogP contribution is 2.16. The summed E-state index contributed by atoms with van der Waals surface area (Å²) in [7, 11) is 1.43. The van der Waals surface area contributed by atoms with Gasteiger partial charge in [0.15, 0.2) is 0 Å². The Hall–Kier alpha value is -5.67. The molecule has 16 heteroatoms. The molecule has 0 radical (unpaired) electrons. The number of nitrogens with one attached hydrogen (secondary N) is 6. The summed E-state index contributed by atoms with van der Waals surface area (Å²) in [5, 5.41) is 35.7. The summed E-state index contributed by atoms with van der Waals surface area (Å²) in [6.45, 7) is 8.58. The van der Waals surface area contributed by atoms with Crippen molar-refractivity contribution in [2.45, 2.75) is 116 Å². The van der Waals surface area contributed by atoms with E-state index in [9.17, 15) is 43.8 Å². The number of aromatic hydroxyl groups is 1. The summed E-state index contributed by atoms with van der Waals surface area (Å²) in [6, 6.07) is 7.83. The fourth-order valence-electron chi connectivity index (χ4n) is 6.35. The molecule has 0 spiro atoms. The zero-order chi connectivity index (χ0) is 42.2. The molecule has 2 aromatic rings. The minimum Gasteiger partial charge on any atom is -0.508 e. The molecule has 3 rings (SSSR count). The number of aryl methyl sites for hydroxylation is 1. The van der Waals surface area contributed by atoms with E-state index in [1.165, 1.54) is 31.0 Å². The number of aliphatic carboxylic acids is 1. The molecule has 7 atom stereocenters. The lowest BCUT2D eigenvalue weighted by Gasteiger charge is -2.31. The van der Waals surface area contributed by atoms with Crippen LogP contribution in [-0.2, 0) is 41.6 Å². The predicted octanol–water partition coefficient (Wildman–Crippen LogP) is 1.99. The normalized spacial score (nSPS) is 23.0. The van der Waals surface area contributed by atoms with Gasteiger partial charge in [-0.05, 0) is 74.1 Å². The number of carboxylic acid groups (broad SMARTS) is 1. The summed E-state index contributed by atoms with van der Waals surface area (Å²) in [4.78, 5) is 95.5. The summed E-state index contributed by atoms with van der Waals surface area (Å²) in [5.74, 6) is -5.06. The van der Waals surface area contributed by atoms with Crippen LogP contribution in [0.4, 0.5) is 4.79 Å². The van der Waals surface area contributed by atoms with Crippen LogP contribution in [-0.4, -0.2) is 106 Å². The molecule has 0 aromatic heterocycles. The van der Waals surface area contributed by atoms with Gasteiger partial charge in [-0.1, -0.05) is 76.6 Å². The van der Waals surface area contributed by atoms with Crippen molar-refractivity contribution in [1.82, 2.24) is 36.8 Å². The van der Waals surface area contributed by atoms with E-state index in [1.54, 1.807) is 39.8 Å². The molecule has 312 valence electrons. The number of likely N-dealkylation sites (N-methyl/N-ethyl adjacent to an activating group) is 1. The van der Waals surface area contributed by atoms with Crippen LogP contribution in [0.15, 0.2) is 54.6 Å². The zero-order valence-corrected chi connectivity index (χ0v) is 33.7. The number of hydrogen-bond acceptors (Lipinski definition) is 8. The minimum absolute atomic E-state index is 0.0619. The van der Waals surface area contributed by atoms with Gasteiger partial charge in [0, 0.05) is 20.0 Å². The van der Waals surface area contributed by atoms with Gasteiger partial charge in [0.1, 0.15) is 42.0 Å². The average molecular weight is 794 g/mol. The lowest BCUT2D eigenvalue weighted by atomic mass is 9.99. The van der Waals surface area contributed by atoms with E-state index < -0.39 is 89.6 Å². The van der Waals surface area contributed by atoms with Crippen LogP contribution in [0.5, 0.6) is 5.75 Å². The second-order valence-electron chi connectivity index (χ2n) is 15.0. The van der Waals surface area contributed by atoms with Gasteiger partial charge in [-0.3, -0.25) is 24.0 Å². The number of carbonyl (C=O) groups excluding carboxylic acids is 6. The Kier molecular flexibility index (Phi) is 17.8. The standard InChI is InChI=1S/C41H59N7O9/c1-7-25(4)34(40(55)56)47-41(57)45-30-15-11-12-22-42-36(51)32(23-28-13-9-8-10-14-28)44-35(50)26(5)48(6)39(54)31(21-18-27-16-19-29(49)20-17-27)43-38(53)33(24(2)3)46-37(30)52/h8-10,13-14,16-17,19-20,24-26,30-34,49H,7,11-12,15,18,21-23H2,1-6H3,(H,42,51)(H,43,53)(H,44,50)(H,46,52)(H,55,56)(H2,45,47,57)/t25-,26+,30-,31+,32+,33+,34+/m1/s1. The third kappa shape index (κ3) is 14.1. The number of amides is 7. The van der Waals surface area contributed by atoms with Crippen LogP contribution >= 0.6 is 0 Å². The first-order chi connectivity index (χ1) is 27.0. The van der Waals surface area contributed by atoms with E-state index >= 15 is 0 Å². The fourth-order valence-corrected chi connectivity index (χ4v) is 6.35. The molecule has 7 amide bonds. The van der Waals surface area contributed by atoms with Gasteiger partial charge >= 0.3 is 12.0 Å².